The fourth-order valence-electron chi connectivity index (χ4n) is 2.04. The van der Waals surface area contributed by atoms with Crippen LogP contribution in [0.2, 0.25) is 4.34 Å². The standard InChI is InChI=1S/C16H9ClFN3OS2/c17-12-6-5-11(23-12)14(22)15-13(20)8(7-19)16(24-15)21-10-4-2-1-3-9(10)18/h1-6,21H,20H2. The van der Waals surface area contributed by atoms with E-state index in [1.807, 2.05) is 6.07 Å². The predicted molar refractivity (Wildman–Crippen MR) is 95.9 cm³/mol. The highest BCUT2D eigenvalue weighted by atomic mass is 35.5. The van der Waals surface area contributed by atoms with Crippen molar-refractivity contribution in [2.75, 3.05) is 11.1 Å². The van der Waals surface area contributed by atoms with Crippen molar-refractivity contribution in [1.29, 1.82) is 5.26 Å². The number of carbonyl (C=O) groups is 1. The highest BCUT2D eigenvalue weighted by molar-refractivity contribution is 7.21. The first-order valence-electron chi connectivity index (χ1n) is 6.65. The lowest BCUT2D eigenvalue weighted by Crippen LogP contribution is -2.00. The fourth-order valence-corrected chi connectivity index (χ4v) is 4.14. The quantitative estimate of drug-likeness (QED) is 0.625. The maximum Gasteiger partial charge on any atom is 0.215 e. The van der Waals surface area contributed by atoms with Crippen LogP contribution in [-0.2, 0) is 0 Å². The molecule has 0 spiro atoms. The Kier molecular flexibility index (Phi) is 4.53. The monoisotopic (exact) mass is 377 g/mol. The minimum Gasteiger partial charge on any atom is -0.396 e. The van der Waals surface area contributed by atoms with Crippen molar-refractivity contribution in [3.05, 3.63) is 61.9 Å². The number of hydrogen-bond donors (Lipinski definition) is 2. The van der Waals surface area contributed by atoms with Crippen LogP contribution in [0.3, 0.4) is 0 Å². The van der Waals surface area contributed by atoms with Crippen LogP contribution in [-0.4, -0.2) is 5.78 Å². The first kappa shape index (κ1) is 16.5. The van der Waals surface area contributed by atoms with E-state index in [0.717, 1.165) is 22.7 Å². The van der Waals surface area contributed by atoms with E-state index in [1.54, 1.807) is 24.3 Å². The van der Waals surface area contributed by atoms with Gasteiger partial charge in [-0.15, -0.1) is 22.7 Å². The van der Waals surface area contributed by atoms with Gasteiger partial charge >= 0.3 is 0 Å². The maximum absolute atomic E-state index is 13.8. The summed E-state index contributed by atoms with van der Waals surface area (Å²) in [5, 5.41) is 12.5. The summed E-state index contributed by atoms with van der Waals surface area (Å²) in [5.74, 6) is -0.779. The molecular weight excluding hydrogens is 369 g/mol. The Morgan fingerprint density at radius 2 is 2.00 bits per heavy atom. The predicted octanol–water partition coefficient (Wildman–Crippen LogP) is 5.03. The van der Waals surface area contributed by atoms with Crippen molar-refractivity contribution >= 4 is 56.4 Å². The minimum atomic E-state index is -0.466. The molecule has 4 nitrogen and oxygen atoms in total. The number of nitriles is 1. The van der Waals surface area contributed by atoms with Crippen LogP contribution >= 0.6 is 34.3 Å². The molecule has 24 heavy (non-hydrogen) atoms. The van der Waals surface area contributed by atoms with Gasteiger partial charge in [0.05, 0.1) is 20.6 Å². The molecule has 0 fully saturated rings. The van der Waals surface area contributed by atoms with Gasteiger partial charge in [0.2, 0.25) is 5.78 Å². The average molecular weight is 378 g/mol. The molecule has 2 aromatic heterocycles. The zero-order chi connectivity index (χ0) is 17.3. The van der Waals surface area contributed by atoms with E-state index < -0.39 is 5.82 Å². The molecule has 1 aromatic carbocycles. The molecule has 0 bridgehead atoms. The Bertz CT molecular complexity index is 974. The lowest BCUT2D eigenvalue weighted by Gasteiger charge is -2.04. The number of nitrogens with two attached hydrogens (primary N) is 1. The van der Waals surface area contributed by atoms with Crippen molar-refractivity contribution in [3.63, 3.8) is 0 Å². The van der Waals surface area contributed by atoms with Crippen molar-refractivity contribution in [2.24, 2.45) is 0 Å². The molecule has 0 aliphatic heterocycles. The maximum atomic E-state index is 13.8. The molecule has 0 saturated carbocycles. The molecule has 0 aliphatic rings. The first-order chi connectivity index (χ1) is 11.5. The van der Waals surface area contributed by atoms with Gasteiger partial charge in [-0.1, -0.05) is 23.7 Å². The third kappa shape index (κ3) is 2.99. The van der Waals surface area contributed by atoms with Gasteiger partial charge in [0.25, 0.3) is 0 Å². The zero-order valence-corrected chi connectivity index (χ0v) is 14.4. The van der Waals surface area contributed by atoms with Gasteiger partial charge in [-0.05, 0) is 24.3 Å². The summed E-state index contributed by atoms with van der Waals surface area (Å²) in [6.45, 7) is 0. The number of anilines is 3. The number of para-hydroxylation sites is 1. The van der Waals surface area contributed by atoms with E-state index in [9.17, 15) is 14.4 Å². The molecule has 0 unspecified atom stereocenters. The normalized spacial score (nSPS) is 10.4. The van der Waals surface area contributed by atoms with Crippen LogP contribution in [0.4, 0.5) is 20.8 Å². The average Bonchev–Trinajstić information content (AvgIpc) is 3.13. The number of halogens is 2. The van der Waals surface area contributed by atoms with Crippen molar-refractivity contribution < 1.29 is 9.18 Å². The Balaban J connectivity index is 2.02. The number of rotatable bonds is 4. The van der Waals surface area contributed by atoms with Crippen molar-refractivity contribution in [3.8, 4) is 6.07 Å². The number of ketones is 1. The summed E-state index contributed by atoms with van der Waals surface area (Å²) in [5.41, 5.74) is 6.36. The SMILES string of the molecule is N#Cc1c(Nc2ccccc2F)sc(C(=O)c2ccc(Cl)s2)c1N. The number of thiophene rings is 2. The topological polar surface area (TPSA) is 78.9 Å². The van der Waals surface area contributed by atoms with Crippen LogP contribution in [0.1, 0.15) is 20.1 Å². The second-order valence-electron chi connectivity index (χ2n) is 4.70. The summed E-state index contributed by atoms with van der Waals surface area (Å²) in [4.78, 5) is 13.2. The smallest absolute Gasteiger partial charge is 0.215 e. The number of nitrogens with one attached hydrogen (secondary N) is 1. The van der Waals surface area contributed by atoms with Crippen LogP contribution < -0.4 is 11.1 Å². The van der Waals surface area contributed by atoms with Gasteiger partial charge in [-0.3, -0.25) is 4.79 Å². The van der Waals surface area contributed by atoms with Crippen LogP contribution in [0.5, 0.6) is 0 Å². The Morgan fingerprint density at radius 1 is 1.25 bits per heavy atom. The number of nitrogen functional groups attached to an aromatic ring is 1. The molecule has 3 N–H and O–H groups in total. The zero-order valence-electron chi connectivity index (χ0n) is 12.0. The molecule has 3 aromatic rings. The van der Waals surface area contributed by atoms with Gasteiger partial charge in [-0.25, -0.2) is 4.39 Å². The molecule has 0 radical (unpaired) electrons. The summed E-state index contributed by atoms with van der Waals surface area (Å²) < 4.78 is 14.3. The van der Waals surface area contributed by atoms with E-state index in [1.165, 1.54) is 12.1 Å². The van der Waals surface area contributed by atoms with E-state index in [2.05, 4.69) is 5.32 Å². The lowest BCUT2D eigenvalue weighted by atomic mass is 10.2. The number of hydrogen-bond acceptors (Lipinski definition) is 6. The highest BCUT2D eigenvalue weighted by Crippen LogP contribution is 2.39. The van der Waals surface area contributed by atoms with Gasteiger partial charge in [0.15, 0.2) is 0 Å². The summed E-state index contributed by atoms with van der Waals surface area (Å²) in [7, 11) is 0. The van der Waals surface area contributed by atoms with E-state index in [-0.39, 0.29) is 27.6 Å². The Labute approximate surface area is 149 Å². The number of carbonyl (C=O) groups excluding carboxylic acids is 1. The fraction of sp³-hybridized carbons (Fsp3) is 0. The second kappa shape index (κ2) is 6.61. The Hall–Kier alpha value is -2.40. The molecular formula is C16H9ClFN3OS2. The summed E-state index contributed by atoms with van der Waals surface area (Å²) in [6.07, 6.45) is 0. The van der Waals surface area contributed by atoms with Gasteiger partial charge < -0.3 is 11.1 Å². The molecule has 0 atom stereocenters. The highest BCUT2D eigenvalue weighted by Gasteiger charge is 2.23. The molecule has 120 valence electrons. The van der Waals surface area contributed by atoms with Crippen molar-refractivity contribution in [2.45, 2.75) is 0 Å². The third-order valence-electron chi connectivity index (χ3n) is 3.18. The van der Waals surface area contributed by atoms with Gasteiger partial charge in [0, 0.05) is 0 Å². The van der Waals surface area contributed by atoms with Crippen LogP contribution in [0.15, 0.2) is 36.4 Å². The molecule has 2 heterocycles. The van der Waals surface area contributed by atoms with Crippen LogP contribution in [0, 0.1) is 17.1 Å². The molecule has 8 heteroatoms. The van der Waals surface area contributed by atoms with E-state index in [0.29, 0.717) is 14.2 Å². The van der Waals surface area contributed by atoms with Crippen molar-refractivity contribution in [1.82, 2.24) is 0 Å². The Morgan fingerprint density at radius 3 is 2.62 bits per heavy atom. The second-order valence-corrected chi connectivity index (χ2v) is 7.43. The van der Waals surface area contributed by atoms with Gasteiger partial charge in [0.1, 0.15) is 27.3 Å². The number of benzene rings is 1. The molecule has 0 saturated heterocycles. The summed E-state index contributed by atoms with van der Waals surface area (Å²) >= 11 is 8.00. The van der Waals surface area contributed by atoms with Gasteiger partial charge in [-0.2, -0.15) is 5.26 Å². The summed E-state index contributed by atoms with van der Waals surface area (Å²) in [6, 6.07) is 11.2. The number of nitrogens with zero attached hydrogens (tertiary/aromatic N) is 1. The largest absolute Gasteiger partial charge is 0.396 e. The minimum absolute atomic E-state index is 0.0795. The molecule has 3 rings (SSSR count). The first-order valence-corrected chi connectivity index (χ1v) is 8.66. The lowest BCUT2D eigenvalue weighted by molar-refractivity contribution is 0.104. The van der Waals surface area contributed by atoms with E-state index >= 15 is 0 Å². The van der Waals surface area contributed by atoms with E-state index in [4.69, 9.17) is 17.3 Å². The third-order valence-corrected chi connectivity index (χ3v) is 5.53. The molecule has 0 aliphatic carbocycles. The molecule has 0 amide bonds. The van der Waals surface area contributed by atoms with Crippen LogP contribution in [0.25, 0.3) is 0 Å².